The first-order chi connectivity index (χ1) is 10.9. The third-order valence-corrected chi connectivity index (χ3v) is 6.54. The van der Waals surface area contributed by atoms with Gasteiger partial charge in [0.05, 0.1) is 23.9 Å². The molecule has 1 amide bonds. The van der Waals surface area contributed by atoms with Crippen LogP contribution in [0.4, 0.5) is 0 Å². The van der Waals surface area contributed by atoms with Gasteiger partial charge in [0.15, 0.2) is 15.0 Å². The number of aromatic nitrogens is 3. The fraction of sp³-hybridized carbons (Fsp3) is 0.769. The molecule has 2 rings (SSSR count). The van der Waals surface area contributed by atoms with Crippen molar-refractivity contribution >= 4 is 27.5 Å². The van der Waals surface area contributed by atoms with Crippen molar-refractivity contribution in [3.8, 4) is 0 Å². The Balaban J connectivity index is 1.83. The van der Waals surface area contributed by atoms with Crippen LogP contribution in [-0.4, -0.2) is 66.6 Å². The number of methoxy groups -OCH3 is 1. The minimum absolute atomic E-state index is 0.0847. The Labute approximate surface area is 140 Å². The highest BCUT2D eigenvalue weighted by atomic mass is 32.2. The van der Waals surface area contributed by atoms with Crippen LogP contribution in [0, 0.1) is 5.92 Å². The lowest BCUT2D eigenvalue weighted by Gasteiger charge is -2.07. The van der Waals surface area contributed by atoms with Gasteiger partial charge >= 0.3 is 0 Å². The number of rotatable bonds is 8. The van der Waals surface area contributed by atoms with Gasteiger partial charge in [-0.05, 0) is 12.3 Å². The molecular weight excluding hydrogens is 340 g/mol. The van der Waals surface area contributed by atoms with E-state index in [-0.39, 0.29) is 29.1 Å². The van der Waals surface area contributed by atoms with E-state index in [1.807, 2.05) is 11.6 Å². The summed E-state index contributed by atoms with van der Waals surface area (Å²) in [7, 11) is 0.538. The smallest absolute Gasteiger partial charge is 0.230 e. The average molecular weight is 362 g/mol. The maximum Gasteiger partial charge on any atom is 0.230 e. The van der Waals surface area contributed by atoms with Crippen LogP contribution in [0.2, 0.25) is 0 Å². The fourth-order valence-corrected chi connectivity index (χ4v) is 5.04. The maximum atomic E-state index is 11.6. The third kappa shape index (κ3) is 5.47. The largest absolute Gasteiger partial charge is 0.383 e. The Morgan fingerprint density at radius 1 is 1.48 bits per heavy atom. The van der Waals surface area contributed by atoms with Gasteiger partial charge in [0, 0.05) is 27.1 Å². The molecule has 0 aliphatic carbocycles. The summed E-state index contributed by atoms with van der Waals surface area (Å²) in [5.41, 5.74) is 0. The molecular formula is C13H22N4O4S2. The van der Waals surface area contributed by atoms with E-state index < -0.39 is 9.84 Å². The van der Waals surface area contributed by atoms with Crippen LogP contribution < -0.4 is 5.32 Å². The SMILES string of the molecule is COCCNC(=O)CSc1nnc(C[C@H]2CCS(=O)(=O)C2)n1C. The van der Waals surface area contributed by atoms with Gasteiger partial charge in [-0.2, -0.15) is 0 Å². The van der Waals surface area contributed by atoms with E-state index in [0.717, 1.165) is 5.82 Å². The van der Waals surface area contributed by atoms with Crippen molar-refractivity contribution in [2.24, 2.45) is 13.0 Å². The normalized spacial score (nSPS) is 19.8. The van der Waals surface area contributed by atoms with Crippen molar-refractivity contribution in [2.75, 3.05) is 37.5 Å². The molecule has 1 aliphatic heterocycles. The summed E-state index contributed by atoms with van der Waals surface area (Å²) in [6.07, 6.45) is 1.28. The van der Waals surface area contributed by atoms with Crippen LogP contribution in [0.25, 0.3) is 0 Å². The van der Waals surface area contributed by atoms with Crippen molar-refractivity contribution in [3.63, 3.8) is 0 Å². The second-order valence-corrected chi connectivity index (χ2v) is 8.73. The molecule has 1 aromatic heterocycles. The molecule has 1 N–H and O–H groups in total. The minimum Gasteiger partial charge on any atom is -0.383 e. The number of ether oxygens (including phenoxy) is 1. The Kier molecular flexibility index (Phi) is 6.42. The minimum atomic E-state index is -2.88. The number of nitrogens with zero attached hydrogens (tertiary/aromatic N) is 3. The number of nitrogens with one attached hydrogen (secondary N) is 1. The molecule has 0 unspecified atom stereocenters. The molecule has 0 saturated carbocycles. The lowest BCUT2D eigenvalue weighted by atomic mass is 10.1. The van der Waals surface area contributed by atoms with Crippen LogP contribution >= 0.6 is 11.8 Å². The number of carbonyl (C=O) groups is 1. The quantitative estimate of drug-likeness (QED) is 0.498. The molecule has 2 heterocycles. The number of hydrogen-bond acceptors (Lipinski definition) is 7. The summed E-state index contributed by atoms with van der Waals surface area (Å²) in [5.74, 6) is 1.53. The molecule has 1 fully saturated rings. The maximum absolute atomic E-state index is 11.6. The van der Waals surface area contributed by atoms with Gasteiger partial charge in [-0.25, -0.2) is 8.42 Å². The average Bonchev–Trinajstić information content (AvgIpc) is 3.01. The van der Waals surface area contributed by atoms with Gasteiger partial charge in [0.2, 0.25) is 5.91 Å². The predicted molar refractivity (Wildman–Crippen MR) is 87.1 cm³/mol. The standard InChI is InChI=1S/C13H22N4O4S2/c1-17-11(7-10-3-6-23(19,20)9-10)15-16-13(17)22-8-12(18)14-4-5-21-2/h10H,3-9H2,1-2H3,(H,14,18)/t10-/m1/s1. The van der Waals surface area contributed by atoms with Gasteiger partial charge in [-0.15, -0.1) is 10.2 Å². The molecule has 10 heteroatoms. The van der Waals surface area contributed by atoms with Gasteiger partial charge in [-0.3, -0.25) is 4.79 Å². The van der Waals surface area contributed by atoms with Crippen LogP contribution in [0.3, 0.4) is 0 Å². The van der Waals surface area contributed by atoms with Crippen molar-refractivity contribution in [1.29, 1.82) is 0 Å². The fourth-order valence-electron chi connectivity index (χ4n) is 2.41. The van der Waals surface area contributed by atoms with Crippen molar-refractivity contribution in [3.05, 3.63) is 5.82 Å². The molecule has 0 radical (unpaired) electrons. The van der Waals surface area contributed by atoms with Crippen LogP contribution in [-0.2, 0) is 32.8 Å². The first-order valence-corrected chi connectivity index (χ1v) is 10.2. The zero-order valence-electron chi connectivity index (χ0n) is 13.3. The summed E-state index contributed by atoms with van der Waals surface area (Å²) < 4.78 is 29.7. The van der Waals surface area contributed by atoms with Crippen molar-refractivity contribution in [1.82, 2.24) is 20.1 Å². The van der Waals surface area contributed by atoms with E-state index in [4.69, 9.17) is 4.74 Å². The van der Waals surface area contributed by atoms with Crippen LogP contribution in [0.5, 0.6) is 0 Å². The Bertz CT molecular complexity index is 644. The molecule has 23 heavy (non-hydrogen) atoms. The van der Waals surface area contributed by atoms with Crippen molar-refractivity contribution in [2.45, 2.75) is 18.0 Å². The summed E-state index contributed by atoms with van der Waals surface area (Å²) in [5, 5.41) is 11.6. The molecule has 0 spiro atoms. The number of thioether (sulfide) groups is 1. The van der Waals surface area contributed by atoms with E-state index in [0.29, 0.717) is 31.1 Å². The Morgan fingerprint density at radius 3 is 2.91 bits per heavy atom. The number of hydrogen-bond donors (Lipinski definition) is 1. The van der Waals surface area contributed by atoms with Crippen molar-refractivity contribution < 1.29 is 17.9 Å². The number of amides is 1. The molecule has 1 aromatic rings. The number of carbonyl (C=O) groups excluding carboxylic acids is 1. The lowest BCUT2D eigenvalue weighted by molar-refractivity contribution is -0.118. The summed E-state index contributed by atoms with van der Waals surface area (Å²) in [6.45, 7) is 0.963. The van der Waals surface area contributed by atoms with Gasteiger partial charge in [0.25, 0.3) is 0 Å². The van der Waals surface area contributed by atoms with Crippen LogP contribution in [0.15, 0.2) is 5.16 Å². The highest BCUT2D eigenvalue weighted by Gasteiger charge is 2.29. The molecule has 130 valence electrons. The van der Waals surface area contributed by atoms with E-state index >= 15 is 0 Å². The predicted octanol–water partition coefficient (Wildman–Crippen LogP) is -0.353. The monoisotopic (exact) mass is 362 g/mol. The summed E-state index contributed by atoms with van der Waals surface area (Å²) >= 11 is 1.31. The van der Waals surface area contributed by atoms with Crippen LogP contribution in [0.1, 0.15) is 12.2 Å². The summed E-state index contributed by atoms with van der Waals surface area (Å²) in [6, 6.07) is 0. The van der Waals surface area contributed by atoms with Gasteiger partial charge in [-0.1, -0.05) is 11.8 Å². The second kappa shape index (κ2) is 8.11. The first-order valence-electron chi connectivity index (χ1n) is 7.38. The molecule has 0 aromatic carbocycles. The highest BCUT2D eigenvalue weighted by Crippen LogP contribution is 2.23. The first kappa shape index (κ1) is 18.2. The molecule has 1 aliphatic rings. The number of sulfone groups is 1. The van der Waals surface area contributed by atoms with E-state index in [1.54, 1.807) is 7.11 Å². The zero-order chi connectivity index (χ0) is 16.9. The summed E-state index contributed by atoms with van der Waals surface area (Å²) in [4.78, 5) is 11.6. The van der Waals surface area contributed by atoms with E-state index in [1.165, 1.54) is 11.8 Å². The van der Waals surface area contributed by atoms with E-state index in [2.05, 4.69) is 15.5 Å². The third-order valence-electron chi connectivity index (χ3n) is 3.68. The highest BCUT2D eigenvalue weighted by molar-refractivity contribution is 7.99. The second-order valence-electron chi connectivity index (χ2n) is 5.56. The zero-order valence-corrected chi connectivity index (χ0v) is 15.0. The Hall–Kier alpha value is -1.13. The topological polar surface area (TPSA) is 103 Å². The van der Waals surface area contributed by atoms with E-state index in [9.17, 15) is 13.2 Å². The molecule has 0 bridgehead atoms. The molecule has 8 nitrogen and oxygen atoms in total. The van der Waals surface area contributed by atoms with Gasteiger partial charge in [0.1, 0.15) is 5.82 Å². The Morgan fingerprint density at radius 2 is 2.26 bits per heavy atom. The molecule has 1 saturated heterocycles. The molecule has 1 atom stereocenters. The van der Waals surface area contributed by atoms with Gasteiger partial charge < -0.3 is 14.6 Å². The lowest BCUT2D eigenvalue weighted by Crippen LogP contribution is -2.28.